The Labute approximate surface area is 98.0 Å². The third kappa shape index (κ3) is 1.43. The molecular formula is C12H11ClN2O. The number of ketones is 1. The fourth-order valence-electron chi connectivity index (χ4n) is 1.97. The second-order valence-corrected chi connectivity index (χ2v) is 4.58. The topological polar surface area (TPSA) is 34.9 Å². The van der Waals surface area contributed by atoms with Gasteiger partial charge in [0.25, 0.3) is 0 Å². The molecule has 1 aliphatic rings. The highest BCUT2D eigenvalue weighted by Gasteiger charge is 2.27. The highest BCUT2D eigenvalue weighted by Crippen LogP contribution is 2.39. The van der Waals surface area contributed by atoms with Crippen molar-refractivity contribution in [3.8, 4) is 0 Å². The number of aromatic nitrogens is 2. The Balaban J connectivity index is 2.23. The Bertz CT molecular complexity index is 584. The average Bonchev–Trinajstić information content (AvgIpc) is 3.00. The maximum atomic E-state index is 11.3. The van der Waals surface area contributed by atoms with Gasteiger partial charge in [0.05, 0.1) is 11.0 Å². The monoisotopic (exact) mass is 234 g/mol. The van der Waals surface area contributed by atoms with Crippen LogP contribution in [0.1, 0.15) is 36.2 Å². The number of rotatable bonds is 2. The number of imidazole rings is 1. The van der Waals surface area contributed by atoms with Crippen LogP contribution in [0.3, 0.4) is 0 Å². The van der Waals surface area contributed by atoms with Crippen molar-refractivity contribution in [1.29, 1.82) is 0 Å². The van der Waals surface area contributed by atoms with Crippen LogP contribution in [0.2, 0.25) is 5.28 Å². The molecule has 0 aliphatic heterocycles. The molecule has 1 heterocycles. The normalized spacial score (nSPS) is 15.6. The molecule has 2 aromatic rings. The maximum Gasteiger partial charge on any atom is 0.204 e. The SMILES string of the molecule is CC(=O)c1ccc2c(c1)nc(Cl)n2C1CC1. The number of fused-ring (bicyclic) bond motifs is 1. The lowest BCUT2D eigenvalue weighted by atomic mass is 10.1. The zero-order valence-electron chi connectivity index (χ0n) is 8.90. The van der Waals surface area contributed by atoms with Crippen LogP contribution in [0.4, 0.5) is 0 Å². The summed E-state index contributed by atoms with van der Waals surface area (Å²) in [5, 5.41) is 0.526. The van der Waals surface area contributed by atoms with Gasteiger partial charge in [0.15, 0.2) is 5.78 Å². The minimum Gasteiger partial charge on any atom is -0.312 e. The predicted molar refractivity (Wildman–Crippen MR) is 63.0 cm³/mol. The molecule has 0 unspecified atom stereocenters. The van der Waals surface area contributed by atoms with Crippen LogP contribution in [0, 0.1) is 0 Å². The zero-order chi connectivity index (χ0) is 11.3. The quantitative estimate of drug-likeness (QED) is 0.748. The fraction of sp³-hybridized carbons (Fsp3) is 0.333. The van der Waals surface area contributed by atoms with Crippen LogP contribution in [0.25, 0.3) is 11.0 Å². The van der Waals surface area contributed by atoms with E-state index in [4.69, 9.17) is 11.6 Å². The van der Waals surface area contributed by atoms with E-state index < -0.39 is 0 Å². The Kier molecular flexibility index (Phi) is 2.04. The number of nitrogens with zero attached hydrogens (tertiary/aromatic N) is 2. The first-order valence-electron chi connectivity index (χ1n) is 5.35. The van der Waals surface area contributed by atoms with Crippen LogP contribution in [0.15, 0.2) is 18.2 Å². The van der Waals surface area contributed by atoms with Gasteiger partial charge >= 0.3 is 0 Å². The van der Waals surface area contributed by atoms with Crippen LogP contribution in [-0.4, -0.2) is 15.3 Å². The van der Waals surface area contributed by atoms with Crippen molar-refractivity contribution in [2.45, 2.75) is 25.8 Å². The highest BCUT2D eigenvalue weighted by molar-refractivity contribution is 6.29. The standard InChI is InChI=1S/C12H11ClN2O/c1-7(16)8-2-5-11-10(6-8)14-12(13)15(11)9-3-4-9/h2,5-6,9H,3-4H2,1H3. The molecule has 0 amide bonds. The first kappa shape index (κ1) is 9.85. The van der Waals surface area contributed by atoms with Crippen molar-refractivity contribution in [3.05, 3.63) is 29.0 Å². The van der Waals surface area contributed by atoms with Crippen LogP contribution >= 0.6 is 11.6 Å². The summed E-state index contributed by atoms with van der Waals surface area (Å²) >= 11 is 6.10. The van der Waals surface area contributed by atoms with Gasteiger partial charge in [-0.3, -0.25) is 4.79 Å². The molecule has 0 N–H and O–H groups in total. The molecule has 3 nitrogen and oxygen atoms in total. The Morgan fingerprint density at radius 1 is 1.50 bits per heavy atom. The Hall–Kier alpha value is -1.35. The second kappa shape index (κ2) is 3.32. The number of carbonyl (C=O) groups excluding carboxylic acids is 1. The molecule has 1 aliphatic carbocycles. The average molecular weight is 235 g/mol. The number of halogens is 1. The van der Waals surface area contributed by atoms with Gasteiger partial charge in [-0.15, -0.1) is 0 Å². The molecule has 16 heavy (non-hydrogen) atoms. The molecule has 0 spiro atoms. The lowest BCUT2D eigenvalue weighted by Gasteiger charge is -2.02. The van der Waals surface area contributed by atoms with Crippen molar-refractivity contribution in [1.82, 2.24) is 9.55 Å². The number of Topliss-reactive ketones (excluding diaryl/α,β-unsaturated/α-hetero) is 1. The van der Waals surface area contributed by atoms with E-state index in [0.717, 1.165) is 11.0 Å². The second-order valence-electron chi connectivity index (χ2n) is 4.24. The summed E-state index contributed by atoms with van der Waals surface area (Å²) in [6, 6.07) is 6.08. The van der Waals surface area contributed by atoms with E-state index in [1.165, 1.54) is 12.8 Å². The largest absolute Gasteiger partial charge is 0.312 e. The molecule has 4 heteroatoms. The van der Waals surface area contributed by atoms with Crippen molar-refractivity contribution < 1.29 is 4.79 Å². The molecule has 1 aromatic heterocycles. The third-order valence-electron chi connectivity index (χ3n) is 2.96. The summed E-state index contributed by atoms with van der Waals surface area (Å²) in [7, 11) is 0. The van der Waals surface area contributed by atoms with Gasteiger partial charge in [-0.25, -0.2) is 4.98 Å². The van der Waals surface area contributed by atoms with Gasteiger partial charge < -0.3 is 4.57 Å². The van der Waals surface area contributed by atoms with E-state index in [-0.39, 0.29) is 5.78 Å². The Morgan fingerprint density at radius 2 is 2.25 bits per heavy atom. The van der Waals surface area contributed by atoms with Gasteiger partial charge in [0, 0.05) is 11.6 Å². The van der Waals surface area contributed by atoms with E-state index >= 15 is 0 Å². The van der Waals surface area contributed by atoms with Gasteiger partial charge in [0.2, 0.25) is 5.28 Å². The zero-order valence-corrected chi connectivity index (χ0v) is 9.66. The van der Waals surface area contributed by atoms with Crippen LogP contribution < -0.4 is 0 Å². The van der Waals surface area contributed by atoms with Gasteiger partial charge in [-0.1, -0.05) is 0 Å². The van der Waals surface area contributed by atoms with E-state index in [2.05, 4.69) is 9.55 Å². The Morgan fingerprint density at radius 3 is 2.88 bits per heavy atom. The molecule has 0 saturated heterocycles. The van der Waals surface area contributed by atoms with Crippen molar-refractivity contribution in [3.63, 3.8) is 0 Å². The molecule has 82 valence electrons. The molecule has 0 radical (unpaired) electrons. The van der Waals surface area contributed by atoms with E-state index in [1.807, 2.05) is 18.2 Å². The first-order chi connectivity index (χ1) is 7.66. The van der Waals surface area contributed by atoms with E-state index in [1.54, 1.807) is 6.92 Å². The van der Waals surface area contributed by atoms with E-state index in [9.17, 15) is 4.79 Å². The summed E-state index contributed by atoms with van der Waals surface area (Å²) in [4.78, 5) is 15.6. The summed E-state index contributed by atoms with van der Waals surface area (Å²) < 4.78 is 2.06. The smallest absolute Gasteiger partial charge is 0.204 e. The van der Waals surface area contributed by atoms with Crippen molar-refractivity contribution in [2.24, 2.45) is 0 Å². The number of benzene rings is 1. The summed E-state index contributed by atoms with van der Waals surface area (Å²) in [6.07, 6.45) is 2.33. The first-order valence-corrected chi connectivity index (χ1v) is 5.73. The minimum atomic E-state index is 0.0546. The molecule has 0 bridgehead atoms. The summed E-state index contributed by atoms with van der Waals surface area (Å²) in [5.74, 6) is 0.0546. The number of hydrogen-bond acceptors (Lipinski definition) is 2. The third-order valence-corrected chi connectivity index (χ3v) is 3.23. The molecule has 0 atom stereocenters. The molecule has 1 aromatic carbocycles. The van der Waals surface area contributed by atoms with Crippen LogP contribution in [-0.2, 0) is 0 Å². The van der Waals surface area contributed by atoms with Crippen molar-refractivity contribution in [2.75, 3.05) is 0 Å². The lowest BCUT2D eigenvalue weighted by molar-refractivity contribution is 0.101. The number of hydrogen-bond donors (Lipinski definition) is 0. The summed E-state index contributed by atoms with van der Waals surface area (Å²) in [5.41, 5.74) is 2.52. The molecule has 1 fully saturated rings. The number of carbonyl (C=O) groups is 1. The molecule has 1 saturated carbocycles. The molecular weight excluding hydrogens is 224 g/mol. The van der Waals surface area contributed by atoms with Gasteiger partial charge in [0.1, 0.15) is 0 Å². The lowest BCUT2D eigenvalue weighted by Crippen LogP contribution is -1.94. The maximum absolute atomic E-state index is 11.3. The van der Waals surface area contributed by atoms with Crippen molar-refractivity contribution >= 4 is 28.4 Å². The van der Waals surface area contributed by atoms with Gasteiger partial charge in [-0.05, 0) is 49.6 Å². The highest BCUT2D eigenvalue weighted by atomic mass is 35.5. The summed E-state index contributed by atoms with van der Waals surface area (Å²) in [6.45, 7) is 1.56. The predicted octanol–water partition coefficient (Wildman–Crippen LogP) is 3.23. The molecule has 3 rings (SSSR count). The van der Waals surface area contributed by atoms with Crippen LogP contribution in [0.5, 0.6) is 0 Å². The fourth-order valence-corrected chi connectivity index (χ4v) is 2.29. The van der Waals surface area contributed by atoms with Gasteiger partial charge in [-0.2, -0.15) is 0 Å². The minimum absolute atomic E-state index is 0.0546. The van der Waals surface area contributed by atoms with E-state index in [0.29, 0.717) is 16.9 Å².